The van der Waals surface area contributed by atoms with Crippen LogP contribution in [0, 0.1) is 0 Å². The van der Waals surface area contributed by atoms with Crippen LogP contribution in [-0.2, 0) is 0 Å². The molecule has 0 saturated heterocycles. The summed E-state index contributed by atoms with van der Waals surface area (Å²) in [5.74, 6) is 0. The Hall–Kier alpha value is -1.00. The van der Waals surface area contributed by atoms with Crippen molar-refractivity contribution in [1.29, 1.82) is 0 Å². The highest BCUT2D eigenvalue weighted by atomic mass is 19.3. The van der Waals surface area contributed by atoms with Crippen LogP contribution in [0.4, 0.5) is 8.78 Å². The summed E-state index contributed by atoms with van der Waals surface area (Å²) >= 11 is 0. The fourth-order valence-corrected chi connectivity index (χ4v) is 1.95. The maximum absolute atomic E-state index is 12.6. The topological polar surface area (TPSA) is 15.3 Å². The van der Waals surface area contributed by atoms with Crippen LogP contribution in [0.3, 0.4) is 0 Å². The first kappa shape index (κ1) is 16.1. The van der Waals surface area contributed by atoms with Gasteiger partial charge in [-0.25, -0.2) is 8.78 Å². The molecule has 1 aromatic rings. The van der Waals surface area contributed by atoms with E-state index in [4.69, 9.17) is 0 Å². The zero-order chi connectivity index (χ0) is 14.5. The highest BCUT2D eigenvalue weighted by Crippen LogP contribution is 2.20. The Balaban J connectivity index is 2.79. The molecule has 0 bridgehead atoms. The molecular formula is C15H24F2N2. The van der Waals surface area contributed by atoms with Gasteiger partial charge in [-0.05, 0) is 33.4 Å². The highest BCUT2D eigenvalue weighted by Gasteiger charge is 2.21. The van der Waals surface area contributed by atoms with E-state index in [1.165, 1.54) is 0 Å². The van der Waals surface area contributed by atoms with E-state index in [1.807, 2.05) is 30.3 Å². The van der Waals surface area contributed by atoms with E-state index in [9.17, 15) is 8.78 Å². The van der Waals surface area contributed by atoms with Gasteiger partial charge in [0.15, 0.2) is 0 Å². The molecule has 0 saturated carbocycles. The second kappa shape index (κ2) is 6.96. The summed E-state index contributed by atoms with van der Waals surface area (Å²) in [6, 6.07) is 9.74. The Morgan fingerprint density at radius 2 is 1.74 bits per heavy atom. The fourth-order valence-electron chi connectivity index (χ4n) is 1.95. The molecule has 0 aromatic heterocycles. The van der Waals surface area contributed by atoms with E-state index in [1.54, 1.807) is 11.9 Å². The first-order valence-electron chi connectivity index (χ1n) is 6.58. The van der Waals surface area contributed by atoms with Gasteiger partial charge >= 0.3 is 0 Å². The monoisotopic (exact) mass is 270 g/mol. The quantitative estimate of drug-likeness (QED) is 0.853. The third-order valence-corrected chi connectivity index (χ3v) is 2.97. The minimum absolute atomic E-state index is 0.0291. The SMILES string of the molecule is CN(CC(F)F)C(CNC(C)(C)C)c1ccccc1. The van der Waals surface area contributed by atoms with E-state index in [2.05, 4.69) is 26.1 Å². The molecule has 1 unspecified atom stereocenters. The Kier molecular flexibility index (Phi) is 5.88. The third-order valence-electron chi connectivity index (χ3n) is 2.97. The van der Waals surface area contributed by atoms with Crippen LogP contribution in [0.25, 0.3) is 0 Å². The molecule has 0 aliphatic heterocycles. The molecule has 0 heterocycles. The molecule has 1 atom stereocenters. The number of halogens is 2. The molecule has 108 valence electrons. The number of benzene rings is 1. The van der Waals surface area contributed by atoms with E-state index in [-0.39, 0.29) is 18.1 Å². The van der Waals surface area contributed by atoms with Crippen molar-refractivity contribution in [2.75, 3.05) is 20.1 Å². The molecule has 0 amide bonds. The zero-order valence-electron chi connectivity index (χ0n) is 12.2. The van der Waals surface area contributed by atoms with Crippen LogP contribution < -0.4 is 5.32 Å². The number of nitrogens with zero attached hydrogens (tertiary/aromatic N) is 1. The van der Waals surface area contributed by atoms with Crippen LogP contribution in [0.15, 0.2) is 30.3 Å². The lowest BCUT2D eigenvalue weighted by molar-refractivity contribution is 0.0787. The lowest BCUT2D eigenvalue weighted by Crippen LogP contribution is -2.43. The number of likely N-dealkylation sites (N-methyl/N-ethyl adjacent to an activating group) is 1. The normalized spacial score (nSPS) is 14.1. The van der Waals surface area contributed by atoms with Gasteiger partial charge in [-0.15, -0.1) is 0 Å². The molecule has 0 fully saturated rings. The number of alkyl halides is 2. The summed E-state index contributed by atoms with van der Waals surface area (Å²) < 4.78 is 25.1. The van der Waals surface area contributed by atoms with Crippen molar-refractivity contribution in [2.24, 2.45) is 0 Å². The Morgan fingerprint density at radius 3 is 2.21 bits per heavy atom. The molecule has 1 N–H and O–H groups in total. The fraction of sp³-hybridized carbons (Fsp3) is 0.600. The number of hydrogen-bond donors (Lipinski definition) is 1. The second-order valence-electron chi connectivity index (χ2n) is 5.89. The van der Waals surface area contributed by atoms with E-state index in [0.29, 0.717) is 6.54 Å². The summed E-state index contributed by atoms with van der Waals surface area (Å²) in [4.78, 5) is 1.71. The Bertz CT molecular complexity index is 360. The van der Waals surface area contributed by atoms with Crippen LogP contribution in [0.2, 0.25) is 0 Å². The molecule has 0 spiro atoms. The molecule has 1 aromatic carbocycles. The highest BCUT2D eigenvalue weighted by molar-refractivity contribution is 5.19. The molecule has 19 heavy (non-hydrogen) atoms. The molecule has 4 heteroatoms. The molecule has 1 rings (SSSR count). The van der Waals surface area contributed by atoms with E-state index >= 15 is 0 Å². The maximum atomic E-state index is 12.6. The molecule has 2 nitrogen and oxygen atoms in total. The first-order valence-corrected chi connectivity index (χ1v) is 6.58. The van der Waals surface area contributed by atoms with Crippen molar-refractivity contribution >= 4 is 0 Å². The predicted octanol–water partition coefficient (Wildman–Crippen LogP) is 3.31. The summed E-state index contributed by atoms with van der Waals surface area (Å²) in [5.41, 5.74) is 1.03. The van der Waals surface area contributed by atoms with E-state index in [0.717, 1.165) is 5.56 Å². The van der Waals surface area contributed by atoms with Gasteiger partial charge in [0.25, 0.3) is 6.43 Å². The summed E-state index contributed by atoms with van der Waals surface area (Å²) in [5, 5.41) is 3.39. The molecule has 0 radical (unpaired) electrons. The molecule has 0 aliphatic rings. The van der Waals surface area contributed by atoms with Crippen molar-refractivity contribution in [3.63, 3.8) is 0 Å². The van der Waals surface area contributed by atoms with Gasteiger partial charge in [0.2, 0.25) is 0 Å². The van der Waals surface area contributed by atoms with Gasteiger partial charge in [-0.1, -0.05) is 30.3 Å². The van der Waals surface area contributed by atoms with Gasteiger partial charge in [0.05, 0.1) is 6.54 Å². The zero-order valence-corrected chi connectivity index (χ0v) is 12.2. The lowest BCUT2D eigenvalue weighted by Gasteiger charge is -2.31. The Labute approximate surface area is 114 Å². The van der Waals surface area contributed by atoms with Crippen LogP contribution >= 0.6 is 0 Å². The Morgan fingerprint density at radius 1 is 1.16 bits per heavy atom. The van der Waals surface area contributed by atoms with Gasteiger partial charge < -0.3 is 5.32 Å². The van der Waals surface area contributed by atoms with Gasteiger partial charge in [-0.2, -0.15) is 0 Å². The minimum Gasteiger partial charge on any atom is -0.310 e. The second-order valence-corrected chi connectivity index (χ2v) is 5.89. The van der Waals surface area contributed by atoms with Crippen molar-refractivity contribution < 1.29 is 8.78 Å². The van der Waals surface area contributed by atoms with Crippen LogP contribution in [0.5, 0.6) is 0 Å². The average molecular weight is 270 g/mol. The lowest BCUT2D eigenvalue weighted by atomic mass is 10.0. The summed E-state index contributed by atoms with van der Waals surface area (Å²) in [7, 11) is 1.74. The van der Waals surface area contributed by atoms with Gasteiger partial charge in [-0.3, -0.25) is 4.90 Å². The van der Waals surface area contributed by atoms with Crippen molar-refractivity contribution in [3.05, 3.63) is 35.9 Å². The van der Waals surface area contributed by atoms with Crippen LogP contribution in [-0.4, -0.2) is 37.0 Å². The molecular weight excluding hydrogens is 246 g/mol. The van der Waals surface area contributed by atoms with Crippen LogP contribution in [0.1, 0.15) is 32.4 Å². The third kappa shape index (κ3) is 6.12. The number of hydrogen-bond acceptors (Lipinski definition) is 2. The average Bonchev–Trinajstić information content (AvgIpc) is 2.28. The van der Waals surface area contributed by atoms with Crippen molar-refractivity contribution in [2.45, 2.75) is 38.8 Å². The maximum Gasteiger partial charge on any atom is 0.251 e. The van der Waals surface area contributed by atoms with Crippen molar-refractivity contribution in [3.8, 4) is 0 Å². The summed E-state index contributed by atoms with van der Waals surface area (Å²) in [6.07, 6.45) is -2.31. The molecule has 0 aliphatic carbocycles. The van der Waals surface area contributed by atoms with E-state index < -0.39 is 6.43 Å². The van der Waals surface area contributed by atoms with Gasteiger partial charge in [0, 0.05) is 18.1 Å². The standard InChI is InChI=1S/C15H24F2N2/c1-15(2,3)18-10-13(19(4)11-14(16)17)12-8-6-5-7-9-12/h5-9,13-14,18H,10-11H2,1-4H3. The smallest absolute Gasteiger partial charge is 0.251 e. The predicted molar refractivity (Wildman–Crippen MR) is 75.6 cm³/mol. The van der Waals surface area contributed by atoms with Gasteiger partial charge in [0.1, 0.15) is 0 Å². The number of rotatable bonds is 6. The first-order chi connectivity index (χ1) is 8.79. The summed E-state index contributed by atoms with van der Waals surface area (Å²) in [6.45, 7) is 6.65. The number of nitrogens with one attached hydrogen (secondary N) is 1. The van der Waals surface area contributed by atoms with Crippen molar-refractivity contribution in [1.82, 2.24) is 10.2 Å². The largest absolute Gasteiger partial charge is 0.310 e. The minimum atomic E-state index is -2.31.